The van der Waals surface area contributed by atoms with Crippen molar-refractivity contribution in [3.8, 4) is 6.07 Å². The van der Waals surface area contributed by atoms with Crippen molar-refractivity contribution in [3.63, 3.8) is 0 Å². The maximum absolute atomic E-state index is 13.1. The Balaban J connectivity index is 3.08. The molecule has 0 aliphatic carbocycles. The summed E-state index contributed by atoms with van der Waals surface area (Å²) in [6.45, 7) is 0.343. The number of hydrogen-bond acceptors (Lipinski definition) is 3. The van der Waals surface area contributed by atoms with Crippen LogP contribution >= 0.6 is 0 Å². The summed E-state index contributed by atoms with van der Waals surface area (Å²) in [5.74, 6) is -0.533. The molecular formula is C10H11FN2O. The third-order valence-corrected chi connectivity index (χ3v) is 1.95. The summed E-state index contributed by atoms with van der Waals surface area (Å²) < 4.78 is 13.1. The van der Waals surface area contributed by atoms with Crippen LogP contribution in [0, 0.1) is 17.1 Å². The lowest BCUT2D eigenvalue weighted by Gasteiger charge is -2.19. The van der Waals surface area contributed by atoms with Gasteiger partial charge < -0.3 is 10.0 Å². The first-order valence-corrected chi connectivity index (χ1v) is 4.21. The SMILES string of the molecule is CN(CCO)c1cccc(F)c1C#N. The molecule has 0 aromatic heterocycles. The second kappa shape index (κ2) is 4.58. The molecule has 14 heavy (non-hydrogen) atoms. The van der Waals surface area contributed by atoms with E-state index in [0.29, 0.717) is 12.2 Å². The smallest absolute Gasteiger partial charge is 0.143 e. The van der Waals surface area contributed by atoms with Crippen molar-refractivity contribution in [1.29, 1.82) is 5.26 Å². The number of aliphatic hydroxyl groups excluding tert-OH is 1. The van der Waals surface area contributed by atoms with Gasteiger partial charge in [-0.3, -0.25) is 0 Å². The van der Waals surface area contributed by atoms with E-state index in [4.69, 9.17) is 10.4 Å². The van der Waals surface area contributed by atoms with E-state index in [1.165, 1.54) is 6.07 Å². The minimum Gasteiger partial charge on any atom is -0.395 e. The summed E-state index contributed by atoms with van der Waals surface area (Å²) in [6.07, 6.45) is 0. The van der Waals surface area contributed by atoms with E-state index in [-0.39, 0.29) is 12.2 Å². The number of halogens is 1. The van der Waals surface area contributed by atoms with Crippen molar-refractivity contribution in [2.24, 2.45) is 0 Å². The quantitative estimate of drug-likeness (QED) is 0.784. The van der Waals surface area contributed by atoms with E-state index < -0.39 is 5.82 Å². The summed E-state index contributed by atoms with van der Waals surface area (Å²) >= 11 is 0. The van der Waals surface area contributed by atoms with Crippen molar-refractivity contribution < 1.29 is 9.50 Å². The minimum absolute atomic E-state index is 0.0171. The van der Waals surface area contributed by atoms with Crippen LogP contribution in [0.4, 0.5) is 10.1 Å². The molecule has 0 unspecified atom stereocenters. The van der Waals surface area contributed by atoms with Crippen LogP contribution in [-0.4, -0.2) is 25.3 Å². The standard InChI is InChI=1S/C10H11FN2O/c1-13(5-6-14)10-4-2-3-9(11)8(10)7-12/h2-4,14H,5-6H2,1H3. The maximum atomic E-state index is 13.1. The molecule has 74 valence electrons. The summed E-state index contributed by atoms with van der Waals surface area (Å²) in [6, 6.07) is 6.24. The molecular weight excluding hydrogens is 183 g/mol. The zero-order chi connectivity index (χ0) is 10.6. The zero-order valence-corrected chi connectivity index (χ0v) is 7.87. The van der Waals surface area contributed by atoms with Crippen LogP contribution in [0.1, 0.15) is 5.56 Å². The van der Waals surface area contributed by atoms with Gasteiger partial charge in [-0.15, -0.1) is 0 Å². The maximum Gasteiger partial charge on any atom is 0.143 e. The number of rotatable bonds is 3. The molecule has 0 radical (unpaired) electrons. The second-order valence-corrected chi connectivity index (χ2v) is 2.89. The lowest BCUT2D eigenvalue weighted by molar-refractivity contribution is 0.304. The fourth-order valence-corrected chi connectivity index (χ4v) is 1.21. The number of nitriles is 1. The lowest BCUT2D eigenvalue weighted by Crippen LogP contribution is -2.22. The Bertz CT molecular complexity index is 360. The minimum atomic E-state index is -0.533. The molecule has 4 heteroatoms. The van der Waals surface area contributed by atoms with Crippen LogP contribution in [0.15, 0.2) is 18.2 Å². The predicted molar refractivity (Wildman–Crippen MR) is 51.5 cm³/mol. The van der Waals surface area contributed by atoms with Gasteiger partial charge in [-0.2, -0.15) is 5.26 Å². The summed E-state index contributed by atoms with van der Waals surface area (Å²) in [5, 5.41) is 17.4. The Kier molecular flexibility index (Phi) is 3.43. The second-order valence-electron chi connectivity index (χ2n) is 2.89. The molecule has 1 aromatic carbocycles. The molecule has 0 bridgehead atoms. The van der Waals surface area contributed by atoms with E-state index in [1.807, 2.05) is 0 Å². The van der Waals surface area contributed by atoms with Crippen molar-refractivity contribution >= 4 is 5.69 Å². The molecule has 1 N–H and O–H groups in total. The van der Waals surface area contributed by atoms with Crippen molar-refractivity contribution in [1.82, 2.24) is 0 Å². The van der Waals surface area contributed by atoms with Gasteiger partial charge >= 0.3 is 0 Å². The Morgan fingerprint density at radius 1 is 1.57 bits per heavy atom. The van der Waals surface area contributed by atoms with Crippen LogP contribution in [-0.2, 0) is 0 Å². The van der Waals surface area contributed by atoms with Crippen molar-refractivity contribution in [2.75, 3.05) is 25.1 Å². The Morgan fingerprint density at radius 3 is 2.86 bits per heavy atom. The predicted octanol–water partition coefficient (Wildman–Crippen LogP) is 1.13. The van der Waals surface area contributed by atoms with Crippen LogP contribution in [0.2, 0.25) is 0 Å². The zero-order valence-electron chi connectivity index (χ0n) is 7.87. The van der Waals surface area contributed by atoms with Crippen molar-refractivity contribution in [2.45, 2.75) is 0 Å². The van der Waals surface area contributed by atoms with Gasteiger partial charge in [0.1, 0.15) is 17.4 Å². The fourth-order valence-electron chi connectivity index (χ4n) is 1.21. The Labute approximate surface area is 82.0 Å². The van der Waals surface area contributed by atoms with Gasteiger partial charge in [0.2, 0.25) is 0 Å². The van der Waals surface area contributed by atoms with Gasteiger partial charge in [0, 0.05) is 13.6 Å². The Hall–Kier alpha value is -1.60. The molecule has 0 saturated carbocycles. The number of hydrogen-bond donors (Lipinski definition) is 1. The number of anilines is 1. The van der Waals surface area contributed by atoms with Crippen molar-refractivity contribution in [3.05, 3.63) is 29.6 Å². The average molecular weight is 194 g/mol. The van der Waals surface area contributed by atoms with E-state index in [9.17, 15) is 4.39 Å². The molecule has 0 aliphatic rings. The third-order valence-electron chi connectivity index (χ3n) is 1.95. The normalized spacial score (nSPS) is 9.57. The van der Waals surface area contributed by atoms with Gasteiger partial charge in [0.05, 0.1) is 12.3 Å². The highest BCUT2D eigenvalue weighted by atomic mass is 19.1. The van der Waals surface area contributed by atoms with Gasteiger partial charge in [-0.05, 0) is 12.1 Å². The van der Waals surface area contributed by atoms with E-state index >= 15 is 0 Å². The molecule has 0 aliphatic heterocycles. The highest BCUT2D eigenvalue weighted by molar-refractivity contribution is 5.59. The van der Waals surface area contributed by atoms with Crippen LogP contribution in [0.3, 0.4) is 0 Å². The number of aliphatic hydroxyl groups is 1. The molecule has 0 spiro atoms. The monoisotopic (exact) mass is 194 g/mol. The fraction of sp³-hybridized carbons (Fsp3) is 0.300. The van der Waals surface area contributed by atoms with Crippen LogP contribution < -0.4 is 4.90 Å². The van der Waals surface area contributed by atoms with Crippen LogP contribution in [0.25, 0.3) is 0 Å². The van der Waals surface area contributed by atoms with Gasteiger partial charge in [0.25, 0.3) is 0 Å². The average Bonchev–Trinajstić information content (AvgIpc) is 2.17. The largest absolute Gasteiger partial charge is 0.395 e. The van der Waals surface area contributed by atoms with E-state index in [2.05, 4.69) is 0 Å². The third kappa shape index (κ3) is 2.01. The van der Waals surface area contributed by atoms with Gasteiger partial charge in [-0.25, -0.2) is 4.39 Å². The molecule has 0 saturated heterocycles. The molecule has 0 atom stereocenters. The number of benzene rings is 1. The van der Waals surface area contributed by atoms with E-state index in [1.54, 1.807) is 30.1 Å². The van der Waals surface area contributed by atoms with E-state index in [0.717, 1.165) is 0 Å². The highest BCUT2D eigenvalue weighted by Crippen LogP contribution is 2.20. The first-order valence-electron chi connectivity index (χ1n) is 4.21. The lowest BCUT2D eigenvalue weighted by atomic mass is 10.1. The van der Waals surface area contributed by atoms with Gasteiger partial charge in [-0.1, -0.05) is 6.07 Å². The van der Waals surface area contributed by atoms with Gasteiger partial charge in [0.15, 0.2) is 0 Å². The first kappa shape index (κ1) is 10.5. The number of likely N-dealkylation sites (N-methyl/N-ethyl adjacent to an activating group) is 1. The Morgan fingerprint density at radius 2 is 2.29 bits per heavy atom. The molecule has 0 amide bonds. The van der Waals surface area contributed by atoms with Crippen LogP contribution in [0.5, 0.6) is 0 Å². The molecule has 1 rings (SSSR count). The molecule has 1 aromatic rings. The number of nitrogens with zero attached hydrogens (tertiary/aromatic N) is 2. The molecule has 0 fully saturated rings. The topological polar surface area (TPSA) is 47.3 Å². The molecule has 0 heterocycles. The highest BCUT2D eigenvalue weighted by Gasteiger charge is 2.10. The summed E-state index contributed by atoms with van der Waals surface area (Å²) in [4.78, 5) is 1.64. The summed E-state index contributed by atoms with van der Waals surface area (Å²) in [5.41, 5.74) is 0.519. The summed E-state index contributed by atoms with van der Waals surface area (Å²) in [7, 11) is 1.70. The molecule has 3 nitrogen and oxygen atoms in total. The first-order chi connectivity index (χ1) is 6.70.